The van der Waals surface area contributed by atoms with Gasteiger partial charge in [0.25, 0.3) is 0 Å². The number of rotatable bonds is 1. The van der Waals surface area contributed by atoms with Gasteiger partial charge in [-0.15, -0.1) is 11.8 Å². The third-order valence-corrected chi connectivity index (χ3v) is 2.14. The van der Waals surface area contributed by atoms with Crippen molar-refractivity contribution in [3.63, 3.8) is 0 Å². The van der Waals surface area contributed by atoms with Gasteiger partial charge in [0.2, 0.25) is 0 Å². The zero-order valence-electron chi connectivity index (χ0n) is 4.37. The first-order chi connectivity index (χ1) is 3.80. The van der Waals surface area contributed by atoms with Crippen LogP contribution in [0.15, 0.2) is 10.9 Å². The summed E-state index contributed by atoms with van der Waals surface area (Å²) in [5.74, 6) is 0.993. The first kappa shape index (κ1) is 6.20. The molecule has 0 radical (unpaired) electrons. The molecule has 4 heteroatoms. The number of thioether (sulfide) groups is 1. The van der Waals surface area contributed by atoms with Crippen molar-refractivity contribution in [2.45, 2.75) is 6.42 Å². The van der Waals surface area contributed by atoms with E-state index in [2.05, 4.69) is 0 Å². The van der Waals surface area contributed by atoms with Crippen molar-refractivity contribution >= 4 is 18.9 Å². The van der Waals surface area contributed by atoms with Crippen molar-refractivity contribution in [2.75, 3.05) is 5.75 Å². The van der Waals surface area contributed by atoms with Crippen LogP contribution in [0, 0.1) is 0 Å². The molecular weight excluding hydrogens is 123 g/mol. The van der Waals surface area contributed by atoms with E-state index in [-0.39, 0.29) is 0 Å². The monoisotopic (exact) mass is 130 g/mol. The molecule has 0 aromatic heterocycles. The third kappa shape index (κ3) is 1.28. The van der Waals surface area contributed by atoms with Crippen LogP contribution >= 0.6 is 11.8 Å². The summed E-state index contributed by atoms with van der Waals surface area (Å²) in [5.41, 5.74) is 0. The minimum Gasteiger partial charge on any atom is -0.423 e. The standard InChI is InChI=1S/C4H7BO2S/c6-5(7)4-2-1-3-8-4/h2,6-7H,1,3H2. The van der Waals surface area contributed by atoms with Crippen molar-refractivity contribution in [3.8, 4) is 0 Å². The van der Waals surface area contributed by atoms with E-state index in [1.54, 1.807) is 0 Å². The zero-order valence-corrected chi connectivity index (χ0v) is 5.19. The van der Waals surface area contributed by atoms with E-state index in [0.717, 1.165) is 12.2 Å². The number of allylic oxidation sites excluding steroid dienone is 1. The van der Waals surface area contributed by atoms with Crippen molar-refractivity contribution in [3.05, 3.63) is 10.9 Å². The SMILES string of the molecule is OB(O)C1=CCCS1. The van der Waals surface area contributed by atoms with E-state index in [0.29, 0.717) is 4.80 Å². The normalized spacial score (nSPS) is 18.5. The highest BCUT2D eigenvalue weighted by molar-refractivity contribution is 8.05. The number of hydrogen-bond acceptors (Lipinski definition) is 3. The van der Waals surface area contributed by atoms with E-state index in [4.69, 9.17) is 10.0 Å². The highest BCUT2D eigenvalue weighted by Crippen LogP contribution is 2.24. The van der Waals surface area contributed by atoms with Gasteiger partial charge in [-0.25, -0.2) is 0 Å². The molecule has 8 heavy (non-hydrogen) atoms. The van der Waals surface area contributed by atoms with Crippen LogP contribution in [0.4, 0.5) is 0 Å². The fourth-order valence-electron chi connectivity index (χ4n) is 0.617. The van der Waals surface area contributed by atoms with E-state index >= 15 is 0 Å². The Hall–Kier alpha value is 0.0749. The van der Waals surface area contributed by atoms with Gasteiger partial charge in [-0.2, -0.15) is 0 Å². The molecule has 1 aliphatic rings. The predicted octanol–water partition coefficient (Wildman–Crippen LogP) is 0.0192. The Kier molecular flexibility index (Phi) is 1.99. The van der Waals surface area contributed by atoms with Crippen molar-refractivity contribution in [2.24, 2.45) is 0 Å². The molecule has 0 amide bonds. The second kappa shape index (κ2) is 2.57. The molecule has 0 spiro atoms. The molecule has 1 heterocycles. The van der Waals surface area contributed by atoms with Crippen LogP contribution in [0.25, 0.3) is 0 Å². The molecule has 2 N–H and O–H groups in total. The second-order valence-corrected chi connectivity index (χ2v) is 2.79. The second-order valence-electron chi connectivity index (χ2n) is 1.62. The van der Waals surface area contributed by atoms with Crippen molar-refractivity contribution < 1.29 is 10.0 Å². The summed E-state index contributed by atoms with van der Waals surface area (Å²) >= 11 is 1.51. The molecule has 1 aliphatic heterocycles. The van der Waals surface area contributed by atoms with Gasteiger partial charge in [0.05, 0.1) is 0 Å². The molecule has 0 unspecified atom stereocenters. The number of hydrogen-bond donors (Lipinski definition) is 2. The predicted molar refractivity (Wildman–Crippen MR) is 35.3 cm³/mol. The molecule has 0 bridgehead atoms. The molecule has 2 nitrogen and oxygen atoms in total. The summed E-state index contributed by atoms with van der Waals surface area (Å²) in [6, 6.07) is 0. The van der Waals surface area contributed by atoms with Crippen LogP contribution in [-0.2, 0) is 0 Å². The summed E-state index contributed by atoms with van der Waals surface area (Å²) in [6.07, 6.45) is 2.83. The smallest absolute Gasteiger partial charge is 0.423 e. The van der Waals surface area contributed by atoms with E-state index in [9.17, 15) is 0 Å². The van der Waals surface area contributed by atoms with E-state index in [1.807, 2.05) is 6.08 Å². The maximum atomic E-state index is 8.52. The van der Waals surface area contributed by atoms with Crippen molar-refractivity contribution in [1.29, 1.82) is 0 Å². The maximum absolute atomic E-state index is 8.52. The summed E-state index contributed by atoms with van der Waals surface area (Å²) in [7, 11) is -1.23. The minimum absolute atomic E-state index is 0.699. The fraction of sp³-hybridized carbons (Fsp3) is 0.500. The van der Waals surface area contributed by atoms with Crippen LogP contribution in [0.5, 0.6) is 0 Å². The summed E-state index contributed by atoms with van der Waals surface area (Å²) in [5, 5.41) is 17.0. The van der Waals surface area contributed by atoms with Crippen LogP contribution in [0.2, 0.25) is 0 Å². The van der Waals surface area contributed by atoms with E-state index in [1.165, 1.54) is 11.8 Å². The zero-order chi connectivity index (χ0) is 5.98. The fourth-order valence-corrected chi connectivity index (χ4v) is 1.47. The molecule has 0 fully saturated rings. The molecule has 0 saturated carbocycles. The average molecular weight is 130 g/mol. The van der Waals surface area contributed by atoms with Gasteiger partial charge >= 0.3 is 7.12 Å². The molecular formula is C4H7BO2S. The first-order valence-electron chi connectivity index (χ1n) is 2.49. The van der Waals surface area contributed by atoms with Crippen LogP contribution in [0.1, 0.15) is 6.42 Å². The molecule has 1 rings (SSSR count). The van der Waals surface area contributed by atoms with Crippen LogP contribution < -0.4 is 0 Å². The summed E-state index contributed by atoms with van der Waals surface area (Å²) in [4.78, 5) is 0.699. The Labute approximate surface area is 52.7 Å². The maximum Gasteiger partial charge on any atom is 0.494 e. The summed E-state index contributed by atoms with van der Waals surface area (Å²) < 4.78 is 0. The Bertz CT molecular complexity index is 113. The van der Waals surface area contributed by atoms with Gasteiger partial charge in [-0.3, -0.25) is 0 Å². The lowest BCUT2D eigenvalue weighted by Gasteiger charge is -1.94. The lowest BCUT2D eigenvalue weighted by molar-refractivity contribution is 0.423. The first-order valence-corrected chi connectivity index (χ1v) is 3.48. The topological polar surface area (TPSA) is 40.5 Å². The lowest BCUT2D eigenvalue weighted by atomic mass is 9.91. The van der Waals surface area contributed by atoms with Gasteiger partial charge in [-0.05, 0) is 6.42 Å². The average Bonchev–Trinajstić information content (AvgIpc) is 2.12. The van der Waals surface area contributed by atoms with Gasteiger partial charge < -0.3 is 10.0 Å². The van der Waals surface area contributed by atoms with Gasteiger partial charge in [0.1, 0.15) is 0 Å². The Balaban J connectivity index is 2.45. The van der Waals surface area contributed by atoms with Gasteiger partial charge in [0.15, 0.2) is 0 Å². The Morgan fingerprint density at radius 2 is 2.38 bits per heavy atom. The van der Waals surface area contributed by atoms with Gasteiger partial charge in [-0.1, -0.05) is 6.08 Å². The third-order valence-electron chi connectivity index (χ3n) is 0.987. The molecule has 0 atom stereocenters. The van der Waals surface area contributed by atoms with Crippen molar-refractivity contribution in [1.82, 2.24) is 0 Å². The molecule has 0 aromatic rings. The Morgan fingerprint density at radius 1 is 1.62 bits per heavy atom. The highest BCUT2D eigenvalue weighted by atomic mass is 32.2. The lowest BCUT2D eigenvalue weighted by Crippen LogP contribution is -2.11. The molecule has 44 valence electrons. The molecule has 0 saturated heterocycles. The Morgan fingerprint density at radius 3 is 2.62 bits per heavy atom. The molecule has 0 aromatic carbocycles. The van der Waals surface area contributed by atoms with E-state index < -0.39 is 7.12 Å². The van der Waals surface area contributed by atoms with Crippen LogP contribution in [0.3, 0.4) is 0 Å². The van der Waals surface area contributed by atoms with Gasteiger partial charge in [0, 0.05) is 10.6 Å². The van der Waals surface area contributed by atoms with Crippen LogP contribution in [-0.4, -0.2) is 22.9 Å². The summed E-state index contributed by atoms with van der Waals surface area (Å²) in [6.45, 7) is 0. The quantitative estimate of drug-likeness (QED) is 0.491. The highest BCUT2D eigenvalue weighted by Gasteiger charge is 2.17. The minimum atomic E-state index is -1.23. The molecule has 0 aliphatic carbocycles. The largest absolute Gasteiger partial charge is 0.494 e.